The Balaban J connectivity index is 1.90. The molecule has 1 aliphatic heterocycles. The van der Waals surface area contributed by atoms with Crippen LogP contribution >= 0.6 is 0 Å². The first kappa shape index (κ1) is 10.7. The van der Waals surface area contributed by atoms with Gasteiger partial charge >= 0.3 is 0 Å². The third-order valence-electron chi connectivity index (χ3n) is 3.18. The van der Waals surface area contributed by atoms with Crippen molar-refractivity contribution in [2.45, 2.75) is 25.4 Å². The van der Waals surface area contributed by atoms with Crippen LogP contribution in [0.1, 0.15) is 24.9 Å². The topological polar surface area (TPSA) is 15.3 Å². The molecule has 1 aromatic carbocycles. The lowest BCUT2D eigenvalue weighted by Gasteiger charge is -2.19. The van der Waals surface area contributed by atoms with Crippen LogP contribution in [0.3, 0.4) is 0 Å². The molecular weight excluding hydrogens is 184 g/mol. The number of nitrogens with one attached hydrogen (secondary N) is 1. The first-order valence-corrected chi connectivity index (χ1v) is 5.75. The molecule has 1 aliphatic rings. The molecule has 2 nitrogen and oxygen atoms in total. The Morgan fingerprint density at radius 3 is 2.67 bits per heavy atom. The summed E-state index contributed by atoms with van der Waals surface area (Å²) in [5.74, 6) is 0. The fourth-order valence-corrected chi connectivity index (χ4v) is 2.26. The monoisotopic (exact) mass is 204 g/mol. The van der Waals surface area contributed by atoms with Gasteiger partial charge in [0.15, 0.2) is 0 Å². The van der Waals surface area contributed by atoms with E-state index in [4.69, 9.17) is 0 Å². The van der Waals surface area contributed by atoms with Crippen molar-refractivity contribution >= 4 is 0 Å². The first-order chi connectivity index (χ1) is 7.25. The fraction of sp³-hybridized carbons (Fsp3) is 0.538. The van der Waals surface area contributed by atoms with Gasteiger partial charge in [0.25, 0.3) is 0 Å². The zero-order valence-electron chi connectivity index (χ0n) is 9.61. The van der Waals surface area contributed by atoms with Crippen molar-refractivity contribution in [1.29, 1.82) is 0 Å². The number of likely N-dealkylation sites (N-methyl/N-ethyl adjacent to an activating group) is 1. The maximum Gasteiger partial charge on any atom is 0.0294 e. The van der Waals surface area contributed by atoms with Gasteiger partial charge < -0.3 is 10.2 Å². The highest BCUT2D eigenvalue weighted by atomic mass is 15.2. The molecule has 1 saturated heterocycles. The maximum absolute atomic E-state index is 3.68. The van der Waals surface area contributed by atoms with Gasteiger partial charge in [0.05, 0.1) is 0 Å². The summed E-state index contributed by atoms with van der Waals surface area (Å²) in [6.45, 7) is 4.64. The standard InChI is InChI=1S/C13H20N2/c1-11(12-6-4-3-5-7-12)14-13-8-9-15(2)10-13/h3-7,11,13-14H,8-10H2,1-2H3/t11-,13+/m1/s1. The van der Waals surface area contributed by atoms with Crippen molar-refractivity contribution in [2.24, 2.45) is 0 Å². The highest BCUT2D eigenvalue weighted by molar-refractivity contribution is 5.18. The van der Waals surface area contributed by atoms with Gasteiger partial charge in [-0.1, -0.05) is 30.3 Å². The zero-order valence-corrected chi connectivity index (χ0v) is 9.61. The molecule has 1 aromatic rings. The predicted octanol–water partition coefficient (Wildman–Crippen LogP) is 2.04. The second kappa shape index (κ2) is 4.77. The molecule has 0 radical (unpaired) electrons. The molecule has 0 aliphatic carbocycles. The molecular formula is C13H20N2. The maximum atomic E-state index is 3.68. The SMILES string of the molecule is C[C@@H](N[C@H]1CCN(C)C1)c1ccccc1. The van der Waals surface area contributed by atoms with Crippen LogP contribution in [0.5, 0.6) is 0 Å². The number of likely N-dealkylation sites (tertiary alicyclic amines) is 1. The van der Waals surface area contributed by atoms with Crippen molar-refractivity contribution in [3.8, 4) is 0 Å². The molecule has 1 heterocycles. The van der Waals surface area contributed by atoms with E-state index >= 15 is 0 Å². The van der Waals surface area contributed by atoms with Crippen molar-refractivity contribution in [3.05, 3.63) is 35.9 Å². The zero-order chi connectivity index (χ0) is 10.7. The van der Waals surface area contributed by atoms with Gasteiger partial charge in [0.1, 0.15) is 0 Å². The van der Waals surface area contributed by atoms with Crippen LogP contribution in [0, 0.1) is 0 Å². The molecule has 2 heteroatoms. The first-order valence-electron chi connectivity index (χ1n) is 5.75. The number of rotatable bonds is 3. The van der Waals surface area contributed by atoms with Gasteiger partial charge in [-0.15, -0.1) is 0 Å². The molecule has 1 fully saturated rings. The van der Waals surface area contributed by atoms with E-state index in [1.54, 1.807) is 0 Å². The van der Waals surface area contributed by atoms with Gasteiger partial charge in [0.2, 0.25) is 0 Å². The summed E-state index contributed by atoms with van der Waals surface area (Å²) >= 11 is 0. The quantitative estimate of drug-likeness (QED) is 0.810. The average molecular weight is 204 g/mol. The summed E-state index contributed by atoms with van der Waals surface area (Å²) in [6, 6.07) is 11.8. The largest absolute Gasteiger partial charge is 0.306 e. The fourth-order valence-electron chi connectivity index (χ4n) is 2.26. The Labute approximate surface area is 92.3 Å². The Hall–Kier alpha value is -0.860. The lowest BCUT2D eigenvalue weighted by atomic mass is 10.1. The highest BCUT2D eigenvalue weighted by Gasteiger charge is 2.20. The smallest absolute Gasteiger partial charge is 0.0294 e. The Morgan fingerprint density at radius 1 is 1.33 bits per heavy atom. The third kappa shape index (κ3) is 2.80. The second-order valence-electron chi connectivity index (χ2n) is 4.55. The average Bonchev–Trinajstić information content (AvgIpc) is 2.65. The van der Waals surface area contributed by atoms with Crippen molar-refractivity contribution in [3.63, 3.8) is 0 Å². The molecule has 0 bridgehead atoms. The summed E-state index contributed by atoms with van der Waals surface area (Å²) in [6.07, 6.45) is 1.27. The van der Waals surface area contributed by atoms with E-state index in [0.717, 1.165) is 0 Å². The van der Waals surface area contributed by atoms with E-state index in [-0.39, 0.29) is 0 Å². The van der Waals surface area contributed by atoms with E-state index in [1.807, 2.05) is 0 Å². The molecule has 0 spiro atoms. The number of nitrogens with zero attached hydrogens (tertiary/aromatic N) is 1. The lowest BCUT2D eigenvalue weighted by Crippen LogP contribution is -2.33. The second-order valence-corrected chi connectivity index (χ2v) is 4.55. The summed E-state index contributed by atoms with van der Waals surface area (Å²) in [7, 11) is 2.19. The van der Waals surface area contributed by atoms with Gasteiger partial charge in [-0.3, -0.25) is 0 Å². The molecule has 1 N–H and O–H groups in total. The summed E-state index contributed by atoms with van der Waals surface area (Å²) in [5.41, 5.74) is 1.38. The molecule has 0 saturated carbocycles. The van der Waals surface area contributed by atoms with Gasteiger partial charge in [-0.2, -0.15) is 0 Å². The minimum Gasteiger partial charge on any atom is -0.306 e. The van der Waals surface area contributed by atoms with E-state index in [9.17, 15) is 0 Å². The molecule has 0 amide bonds. The van der Waals surface area contributed by atoms with E-state index in [0.29, 0.717) is 12.1 Å². The highest BCUT2D eigenvalue weighted by Crippen LogP contribution is 2.15. The number of hydrogen-bond acceptors (Lipinski definition) is 2. The molecule has 82 valence electrons. The number of hydrogen-bond donors (Lipinski definition) is 1. The Morgan fingerprint density at radius 2 is 2.07 bits per heavy atom. The molecule has 2 rings (SSSR count). The van der Waals surface area contributed by atoms with Crippen LogP contribution in [0.2, 0.25) is 0 Å². The Bertz CT molecular complexity index is 297. The van der Waals surface area contributed by atoms with Crippen LogP contribution in [0.4, 0.5) is 0 Å². The van der Waals surface area contributed by atoms with Crippen LogP contribution < -0.4 is 5.32 Å². The summed E-state index contributed by atoms with van der Waals surface area (Å²) < 4.78 is 0. The van der Waals surface area contributed by atoms with E-state index < -0.39 is 0 Å². The van der Waals surface area contributed by atoms with E-state index in [1.165, 1.54) is 25.1 Å². The van der Waals surface area contributed by atoms with Gasteiger partial charge in [-0.25, -0.2) is 0 Å². The Kier molecular flexibility index (Phi) is 3.39. The van der Waals surface area contributed by atoms with Crippen molar-refractivity contribution < 1.29 is 0 Å². The predicted molar refractivity (Wildman–Crippen MR) is 63.9 cm³/mol. The molecule has 0 aromatic heterocycles. The number of benzene rings is 1. The molecule has 15 heavy (non-hydrogen) atoms. The van der Waals surface area contributed by atoms with Gasteiger partial charge in [0, 0.05) is 18.6 Å². The minimum atomic E-state index is 0.461. The van der Waals surface area contributed by atoms with Crippen molar-refractivity contribution in [1.82, 2.24) is 10.2 Å². The lowest BCUT2D eigenvalue weighted by molar-refractivity contribution is 0.387. The van der Waals surface area contributed by atoms with Crippen molar-refractivity contribution in [2.75, 3.05) is 20.1 Å². The molecule has 2 atom stereocenters. The molecule has 0 unspecified atom stereocenters. The van der Waals surface area contributed by atoms with Crippen LogP contribution in [-0.2, 0) is 0 Å². The van der Waals surface area contributed by atoms with E-state index in [2.05, 4.69) is 54.5 Å². The summed E-state index contributed by atoms with van der Waals surface area (Å²) in [4.78, 5) is 2.38. The third-order valence-corrected chi connectivity index (χ3v) is 3.18. The minimum absolute atomic E-state index is 0.461. The van der Waals surface area contributed by atoms with Crippen LogP contribution in [0.25, 0.3) is 0 Å². The van der Waals surface area contributed by atoms with Crippen LogP contribution in [-0.4, -0.2) is 31.1 Å². The summed E-state index contributed by atoms with van der Waals surface area (Å²) in [5, 5.41) is 3.68. The normalized spacial score (nSPS) is 24.3. The van der Waals surface area contributed by atoms with Crippen LogP contribution in [0.15, 0.2) is 30.3 Å². The van der Waals surface area contributed by atoms with Gasteiger partial charge in [-0.05, 0) is 32.5 Å².